The molecule has 0 saturated carbocycles. The minimum Gasteiger partial charge on any atom is -0.344 e. The van der Waals surface area contributed by atoms with E-state index in [1.54, 1.807) is 15.5 Å². The van der Waals surface area contributed by atoms with Crippen molar-refractivity contribution in [2.45, 2.75) is 25.9 Å². The summed E-state index contributed by atoms with van der Waals surface area (Å²) >= 11 is 0. The minimum atomic E-state index is -0.129. The summed E-state index contributed by atoms with van der Waals surface area (Å²) in [6, 6.07) is 11.7. The number of aryl methyl sites for hydroxylation is 1. The molecule has 1 amide bonds. The van der Waals surface area contributed by atoms with Gasteiger partial charge in [0.2, 0.25) is 0 Å². The standard InChI is InChI=1S/C20H25N3O2/c1-14-9-18(24)11-19(23(14)4)20(25)22(3)13-17-10-15-7-5-6-8-16(15)12-21(17)2/h5-9,11,17H,10,12-13H2,1-4H3. The Kier molecular flexibility index (Phi) is 4.77. The van der Waals surface area contributed by atoms with Crippen molar-refractivity contribution in [3.8, 4) is 0 Å². The molecule has 1 aliphatic rings. The van der Waals surface area contributed by atoms with Gasteiger partial charge < -0.3 is 9.47 Å². The van der Waals surface area contributed by atoms with Gasteiger partial charge in [-0.2, -0.15) is 0 Å². The molecule has 132 valence electrons. The first-order valence-corrected chi connectivity index (χ1v) is 8.57. The van der Waals surface area contributed by atoms with Crippen LogP contribution in [-0.2, 0) is 20.0 Å². The highest BCUT2D eigenvalue weighted by Crippen LogP contribution is 2.22. The molecule has 3 rings (SSSR count). The van der Waals surface area contributed by atoms with Gasteiger partial charge in [-0.05, 0) is 31.5 Å². The van der Waals surface area contributed by atoms with Gasteiger partial charge in [-0.25, -0.2) is 0 Å². The van der Waals surface area contributed by atoms with E-state index >= 15 is 0 Å². The van der Waals surface area contributed by atoms with Crippen LogP contribution in [0.2, 0.25) is 0 Å². The van der Waals surface area contributed by atoms with Gasteiger partial charge in [0.05, 0.1) is 0 Å². The van der Waals surface area contributed by atoms with Crippen molar-refractivity contribution in [2.75, 3.05) is 20.6 Å². The molecule has 2 aromatic rings. The van der Waals surface area contributed by atoms with Crippen LogP contribution < -0.4 is 5.43 Å². The molecule has 1 aliphatic heterocycles. The van der Waals surface area contributed by atoms with Crippen molar-refractivity contribution in [3.63, 3.8) is 0 Å². The second-order valence-corrected chi connectivity index (χ2v) is 7.00. The van der Waals surface area contributed by atoms with E-state index in [-0.39, 0.29) is 17.4 Å². The van der Waals surface area contributed by atoms with E-state index < -0.39 is 0 Å². The highest BCUT2D eigenvalue weighted by atomic mass is 16.2. The Labute approximate surface area is 148 Å². The number of aromatic nitrogens is 1. The van der Waals surface area contributed by atoms with Crippen LogP contribution in [0.25, 0.3) is 0 Å². The summed E-state index contributed by atoms with van der Waals surface area (Å²) in [6.45, 7) is 3.36. The van der Waals surface area contributed by atoms with Crippen LogP contribution in [0.4, 0.5) is 0 Å². The first kappa shape index (κ1) is 17.4. The number of carbonyl (C=O) groups is 1. The maximum absolute atomic E-state index is 12.8. The number of nitrogens with zero attached hydrogens (tertiary/aromatic N) is 3. The van der Waals surface area contributed by atoms with Crippen LogP contribution in [0.5, 0.6) is 0 Å². The molecule has 1 aromatic heterocycles. The maximum Gasteiger partial charge on any atom is 0.270 e. The average molecular weight is 339 g/mol. The summed E-state index contributed by atoms with van der Waals surface area (Å²) in [5, 5.41) is 0. The molecule has 0 radical (unpaired) electrons. The van der Waals surface area contributed by atoms with Gasteiger partial charge in [0.1, 0.15) is 5.69 Å². The molecule has 0 saturated heterocycles. The van der Waals surface area contributed by atoms with E-state index in [4.69, 9.17) is 0 Å². The highest BCUT2D eigenvalue weighted by Gasteiger charge is 2.26. The summed E-state index contributed by atoms with van der Waals surface area (Å²) in [5.74, 6) is -0.115. The third-order valence-electron chi connectivity index (χ3n) is 5.19. The molecule has 1 aromatic carbocycles. The number of pyridine rings is 1. The quantitative estimate of drug-likeness (QED) is 0.857. The fourth-order valence-electron chi connectivity index (χ4n) is 3.49. The normalized spacial score (nSPS) is 17.2. The summed E-state index contributed by atoms with van der Waals surface area (Å²) in [7, 11) is 5.73. The van der Waals surface area contributed by atoms with E-state index in [2.05, 4.69) is 36.2 Å². The van der Waals surface area contributed by atoms with Crippen molar-refractivity contribution in [3.05, 3.63) is 69.1 Å². The molecule has 25 heavy (non-hydrogen) atoms. The number of benzene rings is 1. The molecule has 5 heteroatoms. The minimum absolute atomic E-state index is 0.115. The number of rotatable bonds is 3. The summed E-state index contributed by atoms with van der Waals surface area (Å²) < 4.78 is 1.78. The van der Waals surface area contributed by atoms with Crippen LogP contribution in [-0.4, -0.2) is 47.0 Å². The Balaban J connectivity index is 1.77. The number of hydrogen-bond donors (Lipinski definition) is 0. The SMILES string of the molecule is Cc1cc(=O)cc(C(=O)N(C)CC2Cc3ccccc3CN2C)n1C. The van der Waals surface area contributed by atoms with Gasteiger partial charge in [-0.3, -0.25) is 14.5 Å². The van der Waals surface area contributed by atoms with Gasteiger partial charge >= 0.3 is 0 Å². The molecule has 0 bridgehead atoms. The zero-order chi connectivity index (χ0) is 18.1. The fourth-order valence-corrected chi connectivity index (χ4v) is 3.49. The lowest BCUT2D eigenvalue weighted by molar-refractivity contribution is 0.0723. The molecule has 1 atom stereocenters. The average Bonchev–Trinajstić information content (AvgIpc) is 2.58. The number of carbonyl (C=O) groups excluding carboxylic acids is 1. The topological polar surface area (TPSA) is 45.6 Å². The van der Waals surface area contributed by atoms with E-state index in [0.717, 1.165) is 18.7 Å². The molecule has 1 unspecified atom stereocenters. The Morgan fingerprint density at radius 3 is 2.60 bits per heavy atom. The number of fused-ring (bicyclic) bond motifs is 1. The van der Waals surface area contributed by atoms with Crippen molar-refractivity contribution in [1.29, 1.82) is 0 Å². The highest BCUT2D eigenvalue weighted by molar-refractivity contribution is 5.92. The third kappa shape index (κ3) is 3.51. The van der Waals surface area contributed by atoms with E-state index in [0.29, 0.717) is 12.2 Å². The van der Waals surface area contributed by atoms with Crippen LogP contribution in [0.1, 0.15) is 27.3 Å². The first-order chi connectivity index (χ1) is 11.9. The van der Waals surface area contributed by atoms with Crippen molar-refractivity contribution >= 4 is 5.91 Å². The van der Waals surface area contributed by atoms with Gasteiger partial charge in [0.15, 0.2) is 5.43 Å². The van der Waals surface area contributed by atoms with Crippen molar-refractivity contribution < 1.29 is 4.79 Å². The zero-order valence-electron chi connectivity index (χ0n) is 15.3. The lowest BCUT2D eigenvalue weighted by Crippen LogP contribution is -2.46. The lowest BCUT2D eigenvalue weighted by atomic mass is 9.94. The molecule has 5 nitrogen and oxygen atoms in total. The predicted octanol–water partition coefficient (Wildman–Crippen LogP) is 1.82. The van der Waals surface area contributed by atoms with E-state index in [9.17, 15) is 9.59 Å². The van der Waals surface area contributed by atoms with Crippen molar-refractivity contribution in [2.24, 2.45) is 7.05 Å². The first-order valence-electron chi connectivity index (χ1n) is 8.57. The predicted molar refractivity (Wildman–Crippen MR) is 98.8 cm³/mol. The molecule has 2 heterocycles. The third-order valence-corrected chi connectivity index (χ3v) is 5.19. The molecule has 0 aliphatic carbocycles. The summed E-state index contributed by atoms with van der Waals surface area (Å²) in [6.07, 6.45) is 0.928. The fraction of sp³-hybridized carbons (Fsp3) is 0.400. The monoisotopic (exact) mass is 339 g/mol. The van der Waals surface area contributed by atoms with E-state index in [1.807, 2.05) is 21.0 Å². The summed E-state index contributed by atoms with van der Waals surface area (Å²) in [4.78, 5) is 28.6. The lowest BCUT2D eigenvalue weighted by Gasteiger charge is -2.36. The zero-order valence-corrected chi connectivity index (χ0v) is 15.3. The van der Waals surface area contributed by atoms with Crippen LogP contribution >= 0.6 is 0 Å². The molecule has 0 spiro atoms. The Hall–Kier alpha value is -2.40. The van der Waals surface area contributed by atoms with Gasteiger partial charge in [-0.1, -0.05) is 24.3 Å². The molecule has 0 fully saturated rings. The molecular formula is C20H25N3O2. The Morgan fingerprint density at radius 2 is 1.88 bits per heavy atom. The second-order valence-electron chi connectivity index (χ2n) is 7.00. The molecular weight excluding hydrogens is 314 g/mol. The van der Waals surface area contributed by atoms with Crippen LogP contribution in [0.3, 0.4) is 0 Å². The van der Waals surface area contributed by atoms with Gasteiger partial charge in [-0.15, -0.1) is 0 Å². The van der Waals surface area contributed by atoms with Gasteiger partial charge in [0, 0.05) is 51.1 Å². The number of hydrogen-bond acceptors (Lipinski definition) is 3. The van der Waals surface area contributed by atoms with Crippen LogP contribution in [0, 0.1) is 6.92 Å². The van der Waals surface area contributed by atoms with Crippen molar-refractivity contribution in [1.82, 2.24) is 14.4 Å². The van der Waals surface area contributed by atoms with Crippen LogP contribution in [0.15, 0.2) is 41.2 Å². The number of likely N-dealkylation sites (N-methyl/N-ethyl adjacent to an activating group) is 2. The van der Waals surface area contributed by atoms with Gasteiger partial charge in [0.25, 0.3) is 5.91 Å². The second kappa shape index (κ2) is 6.84. The maximum atomic E-state index is 12.8. The Bertz CT molecular complexity index is 856. The Morgan fingerprint density at radius 1 is 1.20 bits per heavy atom. The molecule has 0 N–H and O–H groups in total. The largest absolute Gasteiger partial charge is 0.344 e. The smallest absolute Gasteiger partial charge is 0.270 e. The summed E-state index contributed by atoms with van der Waals surface area (Å²) in [5.41, 5.74) is 3.81. The van der Waals surface area contributed by atoms with E-state index in [1.165, 1.54) is 17.2 Å². The number of amides is 1.